The van der Waals surface area contributed by atoms with Crippen LogP contribution in [-0.4, -0.2) is 24.0 Å². The third-order valence-electron chi connectivity index (χ3n) is 3.12. The highest BCUT2D eigenvalue weighted by Gasteiger charge is 2.16. The van der Waals surface area contributed by atoms with Crippen molar-refractivity contribution in [2.24, 2.45) is 5.73 Å². The molecule has 1 fully saturated rings. The number of hydrogen-bond donors (Lipinski definition) is 2. The van der Waals surface area contributed by atoms with Crippen LogP contribution >= 0.6 is 0 Å². The van der Waals surface area contributed by atoms with E-state index in [0.717, 1.165) is 37.2 Å². The molecule has 1 aromatic carbocycles. The van der Waals surface area contributed by atoms with Gasteiger partial charge in [-0.05, 0) is 30.9 Å². The predicted molar refractivity (Wildman–Crippen MR) is 68.8 cm³/mol. The number of amides is 2. The third-order valence-corrected chi connectivity index (χ3v) is 3.12. The molecule has 3 N–H and O–H groups in total. The highest BCUT2D eigenvalue weighted by Crippen LogP contribution is 2.16. The Morgan fingerprint density at radius 3 is 2.65 bits per heavy atom. The molecule has 0 spiro atoms. The molecule has 1 saturated heterocycles. The molecular formula is C13H19N3O. The molecule has 0 aromatic heterocycles. The number of para-hydroxylation sites is 1. The molecule has 1 aromatic rings. The van der Waals surface area contributed by atoms with Crippen molar-refractivity contribution in [2.45, 2.75) is 25.8 Å². The summed E-state index contributed by atoms with van der Waals surface area (Å²) >= 11 is 0. The molecule has 0 unspecified atom stereocenters. The first-order valence-electron chi connectivity index (χ1n) is 6.15. The van der Waals surface area contributed by atoms with Gasteiger partial charge in [0.2, 0.25) is 0 Å². The second-order valence-electron chi connectivity index (χ2n) is 4.34. The third kappa shape index (κ3) is 2.97. The first kappa shape index (κ1) is 11.9. The van der Waals surface area contributed by atoms with Gasteiger partial charge in [0.25, 0.3) is 0 Å². The molecule has 1 aliphatic heterocycles. The average Bonchev–Trinajstić information content (AvgIpc) is 2.40. The van der Waals surface area contributed by atoms with Gasteiger partial charge in [0.05, 0.1) is 0 Å². The van der Waals surface area contributed by atoms with Crippen LogP contribution in [0.4, 0.5) is 10.5 Å². The lowest BCUT2D eigenvalue weighted by atomic mass is 10.1. The van der Waals surface area contributed by atoms with Crippen molar-refractivity contribution < 1.29 is 4.79 Å². The summed E-state index contributed by atoms with van der Waals surface area (Å²) < 4.78 is 0. The Morgan fingerprint density at radius 1 is 1.24 bits per heavy atom. The van der Waals surface area contributed by atoms with Crippen molar-refractivity contribution in [3.63, 3.8) is 0 Å². The van der Waals surface area contributed by atoms with Crippen LogP contribution in [-0.2, 0) is 6.54 Å². The van der Waals surface area contributed by atoms with Crippen LogP contribution in [0.3, 0.4) is 0 Å². The second kappa shape index (κ2) is 5.68. The van der Waals surface area contributed by atoms with Crippen molar-refractivity contribution >= 4 is 11.7 Å². The quantitative estimate of drug-likeness (QED) is 0.822. The van der Waals surface area contributed by atoms with Crippen LogP contribution in [0.2, 0.25) is 0 Å². The highest BCUT2D eigenvalue weighted by atomic mass is 16.2. The first-order chi connectivity index (χ1) is 8.31. The Hall–Kier alpha value is -1.55. The molecule has 2 amide bonds. The number of benzene rings is 1. The van der Waals surface area contributed by atoms with Crippen LogP contribution in [0.5, 0.6) is 0 Å². The van der Waals surface area contributed by atoms with Crippen molar-refractivity contribution in [2.75, 3.05) is 18.4 Å². The fourth-order valence-corrected chi connectivity index (χ4v) is 2.11. The molecule has 2 rings (SSSR count). The Morgan fingerprint density at radius 2 is 1.94 bits per heavy atom. The van der Waals surface area contributed by atoms with Gasteiger partial charge in [-0.3, -0.25) is 0 Å². The maximum Gasteiger partial charge on any atom is 0.321 e. The first-order valence-corrected chi connectivity index (χ1v) is 6.15. The fourth-order valence-electron chi connectivity index (χ4n) is 2.11. The molecule has 92 valence electrons. The van der Waals surface area contributed by atoms with E-state index in [9.17, 15) is 4.79 Å². The number of nitrogens with one attached hydrogen (secondary N) is 1. The van der Waals surface area contributed by atoms with Crippen LogP contribution in [0, 0.1) is 0 Å². The van der Waals surface area contributed by atoms with Gasteiger partial charge in [-0.2, -0.15) is 0 Å². The van der Waals surface area contributed by atoms with Gasteiger partial charge in [0, 0.05) is 25.3 Å². The van der Waals surface area contributed by atoms with E-state index in [2.05, 4.69) is 5.32 Å². The van der Waals surface area contributed by atoms with Crippen molar-refractivity contribution in [1.29, 1.82) is 0 Å². The number of anilines is 1. The Labute approximate surface area is 102 Å². The number of nitrogens with zero attached hydrogens (tertiary/aromatic N) is 1. The van der Waals surface area contributed by atoms with E-state index in [1.807, 2.05) is 29.2 Å². The lowest BCUT2D eigenvalue weighted by Gasteiger charge is -2.27. The smallest absolute Gasteiger partial charge is 0.321 e. The summed E-state index contributed by atoms with van der Waals surface area (Å²) in [5, 5.41) is 2.94. The SMILES string of the molecule is NCc1ccccc1NC(=O)N1CCCCC1. The zero-order valence-corrected chi connectivity index (χ0v) is 9.98. The van der Waals surface area contributed by atoms with Gasteiger partial charge >= 0.3 is 6.03 Å². The van der Waals surface area contributed by atoms with Crippen molar-refractivity contribution in [1.82, 2.24) is 4.90 Å². The van der Waals surface area contributed by atoms with E-state index in [0.29, 0.717) is 6.54 Å². The Balaban J connectivity index is 2.01. The van der Waals surface area contributed by atoms with Gasteiger partial charge in [0.1, 0.15) is 0 Å². The van der Waals surface area contributed by atoms with E-state index >= 15 is 0 Å². The van der Waals surface area contributed by atoms with E-state index in [4.69, 9.17) is 5.73 Å². The largest absolute Gasteiger partial charge is 0.326 e. The number of nitrogens with two attached hydrogens (primary N) is 1. The molecule has 0 saturated carbocycles. The summed E-state index contributed by atoms with van der Waals surface area (Å²) in [6.45, 7) is 2.16. The van der Waals surface area contributed by atoms with Gasteiger partial charge in [-0.15, -0.1) is 0 Å². The molecule has 1 heterocycles. The number of likely N-dealkylation sites (tertiary alicyclic amines) is 1. The van der Waals surface area contributed by atoms with Crippen LogP contribution in [0.25, 0.3) is 0 Å². The van der Waals surface area contributed by atoms with Gasteiger partial charge in [-0.1, -0.05) is 18.2 Å². The monoisotopic (exact) mass is 233 g/mol. The molecular weight excluding hydrogens is 214 g/mol. The summed E-state index contributed by atoms with van der Waals surface area (Å²) in [4.78, 5) is 13.9. The van der Waals surface area contributed by atoms with Gasteiger partial charge in [0.15, 0.2) is 0 Å². The predicted octanol–water partition coefficient (Wildman–Crippen LogP) is 2.16. The molecule has 1 aliphatic rings. The minimum absolute atomic E-state index is 0.00870. The van der Waals surface area contributed by atoms with Gasteiger partial charge < -0.3 is 16.0 Å². The summed E-state index contributed by atoms with van der Waals surface area (Å²) in [5.74, 6) is 0. The number of carbonyl (C=O) groups excluding carboxylic acids is 1. The minimum Gasteiger partial charge on any atom is -0.326 e. The van der Waals surface area contributed by atoms with Gasteiger partial charge in [-0.25, -0.2) is 4.79 Å². The standard InChI is InChI=1S/C13H19N3O/c14-10-11-6-2-3-7-12(11)15-13(17)16-8-4-1-5-9-16/h2-3,6-7H,1,4-5,8-10,14H2,(H,15,17). The lowest BCUT2D eigenvalue weighted by molar-refractivity contribution is 0.200. The summed E-state index contributed by atoms with van der Waals surface area (Å²) in [6.07, 6.45) is 3.43. The molecule has 17 heavy (non-hydrogen) atoms. The molecule has 0 atom stereocenters. The number of carbonyl (C=O) groups is 1. The topological polar surface area (TPSA) is 58.4 Å². The Kier molecular flexibility index (Phi) is 3.98. The Bertz CT molecular complexity index is 386. The normalized spacial score (nSPS) is 15.7. The van der Waals surface area contributed by atoms with E-state index in [1.165, 1.54) is 6.42 Å². The highest BCUT2D eigenvalue weighted by molar-refractivity contribution is 5.90. The lowest BCUT2D eigenvalue weighted by Crippen LogP contribution is -2.38. The second-order valence-corrected chi connectivity index (χ2v) is 4.34. The molecule has 0 radical (unpaired) electrons. The zero-order chi connectivity index (χ0) is 12.1. The summed E-state index contributed by atoms with van der Waals surface area (Å²) in [5.41, 5.74) is 7.43. The van der Waals surface area contributed by atoms with E-state index < -0.39 is 0 Å². The number of rotatable bonds is 2. The average molecular weight is 233 g/mol. The van der Waals surface area contributed by atoms with Crippen LogP contribution < -0.4 is 11.1 Å². The minimum atomic E-state index is -0.00870. The summed E-state index contributed by atoms with van der Waals surface area (Å²) in [6, 6.07) is 7.66. The fraction of sp³-hybridized carbons (Fsp3) is 0.462. The molecule has 0 bridgehead atoms. The zero-order valence-electron chi connectivity index (χ0n) is 9.98. The van der Waals surface area contributed by atoms with Crippen LogP contribution in [0.15, 0.2) is 24.3 Å². The maximum atomic E-state index is 12.0. The van der Waals surface area contributed by atoms with Crippen LogP contribution in [0.1, 0.15) is 24.8 Å². The number of piperidine rings is 1. The summed E-state index contributed by atoms with van der Waals surface area (Å²) in [7, 11) is 0. The number of urea groups is 1. The van der Waals surface area contributed by atoms with E-state index in [-0.39, 0.29) is 6.03 Å². The molecule has 0 aliphatic carbocycles. The number of hydrogen-bond acceptors (Lipinski definition) is 2. The molecule has 4 heteroatoms. The maximum absolute atomic E-state index is 12.0. The van der Waals surface area contributed by atoms with Crippen molar-refractivity contribution in [3.05, 3.63) is 29.8 Å². The molecule has 4 nitrogen and oxygen atoms in total. The van der Waals surface area contributed by atoms with Crippen molar-refractivity contribution in [3.8, 4) is 0 Å². The van der Waals surface area contributed by atoms with E-state index in [1.54, 1.807) is 0 Å².